The lowest BCUT2D eigenvalue weighted by Gasteiger charge is -2.35. The zero-order valence-corrected chi connectivity index (χ0v) is 15.7. The first-order chi connectivity index (χ1) is 12.9. The molecule has 6 heteroatoms. The summed E-state index contributed by atoms with van der Waals surface area (Å²) in [6, 6.07) is 9.14. The normalized spacial score (nSPS) is 15.8. The molecule has 0 unspecified atom stereocenters. The standard InChI is InChI=1S/C21H25N3O3/c1-14-12-18(27-2)23-13-17(14)15-6-8-16(9-7-15)19(25)24-21(20(22)26)10-4-3-5-11-21/h6-9,12-13H,3-5,10-11H2,1-2H3,(H2,22,26)(H,24,25). The number of ether oxygens (including phenoxy) is 1. The topological polar surface area (TPSA) is 94.3 Å². The third-order valence-electron chi connectivity index (χ3n) is 5.28. The first-order valence-corrected chi connectivity index (χ1v) is 9.19. The van der Waals surface area contributed by atoms with E-state index in [4.69, 9.17) is 10.5 Å². The highest BCUT2D eigenvalue weighted by atomic mass is 16.5. The molecule has 0 spiro atoms. The van der Waals surface area contributed by atoms with Gasteiger partial charge < -0.3 is 15.8 Å². The van der Waals surface area contributed by atoms with E-state index in [1.165, 1.54) is 0 Å². The summed E-state index contributed by atoms with van der Waals surface area (Å²) in [5, 5.41) is 2.89. The maximum absolute atomic E-state index is 12.7. The number of methoxy groups -OCH3 is 1. The minimum atomic E-state index is -0.926. The molecule has 0 radical (unpaired) electrons. The molecule has 1 fully saturated rings. The average molecular weight is 367 g/mol. The molecule has 1 aromatic heterocycles. The molecule has 1 aliphatic carbocycles. The van der Waals surface area contributed by atoms with Crippen LogP contribution in [0.2, 0.25) is 0 Å². The molecule has 2 amide bonds. The van der Waals surface area contributed by atoms with Crippen molar-refractivity contribution >= 4 is 11.8 Å². The molecule has 142 valence electrons. The maximum atomic E-state index is 12.7. The minimum absolute atomic E-state index is 0.271. The van der Waals surface area contributed by atoms with Crippen LogP contribution >= 0.6 is 0 Å². The van der Waals surface area contributed by atoms with Crippen LogP contribution in [0.5, 0.6) is 5.88 Å². The fourth-order valence-corrected chi connectivity index (χ4v) is 3.62. The Labute approximate surface area is 159 Å². The second-order valence-corrected chi connectivity index (χ2v) is 7.08. The fraction of sp³-hybridized carbons (Fsp3) is 0.381. The average Bonchev–Trinajstić information content (AvgIpc) is 2.68. The van der Waals surface area contributed by atoms with Crippen molar-refractivity contribution in [1.29, 1.82) is 0 Å². The van der Waals surface area contributed by atoms with Gasteiger partial charge in [0, 0.05) is 23.4 Å². The Morgan fingerprint density at radius 1 is 1.15 bits per heavy atom. The molecule has 0 saturated heterocycles. The first kappa shape index (κ1) is 18.9. The van der Waals surface area contributed by atoms with Gasteiger partial charge >= 0.3 is 0 Å². The number of primary amides is 1. The lowest BCUT2D eigenvalue weighted by atomic mass is 9.81. The van der Waals surface area contributed by atoms with Crippen molar-refractivity contribution in [3.8, 4) is 17.0 Å². The monoisotopic (exact) mass is 367 g/mol. The minimum Gasteiger partial charge on any atom is -0.481 e. The molecule has 0 atom stereocenters. The third kappa shape index (κ3) is 3.94. The molecule has 27 heavy (non-hydrogen) atoms. The maximum Gasteiger partial charge on any atom is 0.252 e. The number of amides is 2. The summed E-state index contributed by atoms with van der Waals surface area (Å²) in [5.41, 5.74) is 8.15. The lowest BCUT2D eigenvalue weighted by Crippen LogP contribution is -2.58. The van der Waals surface area contributed by atoms with Crippen molar-refractivity contribution in [3.63, 3.8) is 0 Å². The van der Waals surface area contributed by atoms with E-state index in [1.807, 2.05) is 25.1 Å². The predicted molar refractivity (Wildman–Crippen MR) is 103 cm³/mol. The molecule has 6 nitrogen and oxygen atoms in total. The number of nitrogens with two attached hydrogens (primary N) is 1. The number of hydrogen-bond acceptors (Lipinski definition) is 4. The number of rotatable bonds is 5. The summed E-state index contributed by atoms with van der Waals surface area (Å²) in [4.78, 5) is 28.9. The Kier molecular flexibility index (Phi) is 5.44. The Balaban J connectivity index is 1.78. The highest BCUT2D eigenvalue weighted by molar-refractivity contribution is 5.99. The van der Waals surface area contributed by atoms with Crippen molar-refractivity contribution in [3.05, 3.63) is 47.7 Å². The number of nitrogens with one attached hydrogen (secondary N) is 1. The van der Waals surface area contributed by atoms with Crippen molar-refractivity contribution in [2.75, 3.05) is 7.11 Å². The number of benzene rings is 1. The number of aromatic nitrogens is 1. The highest BCUT2D eigenvalue weighted by Crippen LogP contribution is 2.29. The summed E-state index contributed by atoms with van der Waals surface area (Å²) >= 11 is 0. The molecule has 0 aliphatic heterocycles. The number of pyridine rings is 1. The van der Waals surface area contributed by atoms with Crippen molar-refractivity contribution in [2.24, 2.45) is 5.73 Å². The van der Waals surface area contributed by atoms with Crippen LogP contribution in [0, 0.1) is 6.92 Å². The summed E-state index contributed by atoms with van der Waals surface area (Å²) in [6.45, 7) is 1.99. The van der Waals surface area contributed by atoms with Gasteiger partial charge in [-0.05, 0) is 43.0 Å². The van der Waals surface area contributed by atoms with E-state index in [0.29, 0.717) is 24.3 Å². The van der Waals surface area contributed by atoms with Gasteiger partial charge in [0.05, 0.1) is 7.11 Å². The second kappa shape index (κ2) is 7.78. The summed E-state index contributed by atoms with van der Waals surface area (Å²) in [6.07, 6.45) is 5.81. The number of nitrogens with zero attached hydrogens (tertiary/aromatic N) is 1. The number of carbonyl (C=O) groups is 2. The van der Waals surface area contributed by atoms with E-state index in [0.717, 1.165) is 36.0 Å². The lowest BCUT2D eigenvalue weighted by molar-refractivity contribution is -0.125. The van der Waals surface area contributed by atoms with Crippen LogP contribution in [0.4, 0.5) is 0 Å². The smallest absolute Gasteiger partial charge is 0.252 e. The third-order valence-corrected chi connectivity index (χ3v) is 5.28. The van der Waals surface area contributed by atoms with Crippen LogP contribution in [0.1, 0.15) is 48.0 Å². The fourth-order valence-electron chi connectivity index (χ4n) is 3.62. The van der Waals surface area contributed by atoms with E-state index >= 15 is 0 Å². The zero-order valence-electron chi connectivity index (χ0n) is 15.7. The van der Waals surface area contributed by atoms with Gasteiger partial charge in [-0.15, -0.1) is 0 Å². The largest absolute Gasteiger partial charge is 0.481 e. The molecular formula is C21H25N3O3. The van der Waals surface area contributed by atoms with Gasteiger partial charge in [0.1, 0.15) is 5.54 Å². The van der Waals surface area contributed by atoms with Gasteiger partial charge in [0.15, 0.2) is 0 Å². The van der Waals surface area contributed by atoms with Crippen molar-refractivity contribution in [2.45, 2.75) is 44.6 Å². The van der Waals surface area contributed by atoms with E-state index in [9.17, 15) is 9.59 Å². The number of hydrogen-bond donors (Lipinski definition) is 2. The molecule has 3 N–H and O–H groups in total. The number of carbonyl (C=O) groups excluding carboxylic acids is 2. The van der Waals surface area contributed by atoms with Crippen LogP contribution in [0.15, 0.2) is 36.5 Å². The summed E-state index contributed by atoms with van der Waals surface area (Å²) < 4.78 is 5.14. The molecule has 1 saturated carbocycles. The Bertz CT molecular complexity index is 840. The Hall–Kier alpha value is -2.89. The highest BCUT2D eigenvalue weighted by Gasteiger charge is 2.39. The second-order valence-electron chi connectivity index (χ2n) is 7.08. The van der Waals surface area contributed by atoms with Crippen LogP contribution in [0.3, 0.4) is 0 Å². The number of aryl methyl sites for hydroxylation is 1. The van der Waals surface area contributed by atoms with E-state index in [1.54, 1.807) is 25.4 Å². The molecule has 3 rings (SSSR count). The SMILES string of the molecule is COc1cc(C)c(-c2ccc(C(=O)NC3(C(N)=O)CCCCC3)cc2)cn1. The van der Waals surface area contributed by atoms with Gasteiger partial charge in [-0.2, -0.15) is 0 Å². The molecule has 1 aliphatic rings. The van der Waals surface area contributed by atoms with Gasteiger partial charge in [-0.3, -0.25) is 9.59 Å². The zero-order chi connectivity index (χ0) is 19.4. The molecule has 0 bridgehead atoms. The van der Waals surface area contributed by atoms with Gasteiger partial charge in [-0.25, -0.2) is 4.98 Å². The van der Waals surface area contributed by atoms with Crippen LogP contribution in [-0.2, 0) is 4.79 Å². The quantitative estimate of drug-likeness (QED) is 0.849. The van der Waals surface area contributed by atoms with Gasteiger partial charge in [0.25, 0.3) is 5.91 Å². The van der Waals surface area contributed by atoms with E-state index in [2.05, 4.69) is 10.3 Å². The van der Waals surface area contributed by atoms with Crippen LogP contribution in [0.25, 0.3) is 11.1 Å². The Morgan fingerprint density at radius 2 is 1.81 bits per heavy atom. The molecule has 1 aromatic carbocycles. The molecular weight excluding hydrogens is 342 g/mol. The van der Waals surface area contributed by atoms with E-state index < -0.39 is 11.4 Å². The molecule has 1 heterocycles. The van der Waals surface area contributed by atoms with Gasteiger partial charge in [0.2, 0.25) is 11.8 Å². The summed E-state index contributed by atoms with van der Waals surface area (Å²) in [7, 11) is 1.58. The molecule has 2 aromatic rings. The van der Waals surface area contributed by atoms with Gasteiger partial charge in [-0.1, -0.05) is 31.4 Å². The predicted octanol–water partition coefficient (Wildman–Crippen LogP) is 2.98. The first-order valence-electron chi connectivity index (χ1n) is 9.19. The van der Waals surface area contributed by atoms with E-state index in [-0.39, 0.29) is 5.91 Å². The van der Waals surface area contributed by atoms with Crippen molar-refractivity contribution < 1.29 is 14.3 Å². The van der Waals surface area contributed by atoms with Crippen molar-refractivity contribution in [1.82, 2.24) is 10.3 Å². The van der Waals surface area contributed by atoms with Crippen LogP contribution < -0.4 is 15.8 Å². The van der Waals surface area contributed by atoms with Crippen LogP contribution in [-0.4, -0.2) is 29.4 Å². The summed E-state index contributed by atoms with van der Waals surface area (Å²) in [5.74, 6) is -0.157. The Morgan fingerprint density at radius 3 is 2.37 bits per heavy atom.